The summed E-state index contributed by atoms with van der Waals surface area (Å²) in [6.07, 6.45) is -1.03. The highest BCUT2D eigenvalue weighted by molar-refractivity contribution is 6.00. The zero-order valence-corrected chi connectivity index (χ0v) is 18.1. The van der Waals surface area contributed by atoms with Gasteiger partial charge in [-0.2, -0.15) is 0 Å². The van der Waals surface area contributed by atoms with Gasteiger partial charge >= 0.3 is 5.97 Å². The number of benzene rings is 3. The normalized spacial score (nSPS) is 11.6. The third-order valence-electron chi connectivity index (χ3n) is 4.92. The molecule has 0 bridgehead atoms. The Balaban J connectivity index is 1.46. The SMILES string of the molecule is CC(=O)Nc1ccc(NC(=O)C(C)OC(=O)c2ccccc2-c2nc3ccccc3[nH]2)cc1. The van der Waals surface area contributed by atoms with Gasteiger partial charge in [0.25, 0.3) is 5.91 Å². The Labute approximate surface area is 190 Å². The molecule has 8 heteroatoms. The number of hydrogen-bond donors (Lipinski definition) is 3. The van der Waals surface area contributed by atoms with Crippen LogP contribution < -0.4 is 10.6 Å². The van der Waals surface area contributed by atoms with Crippen LogP contribution in [-0.2, 0) is 14.3 Å². The van der Waals surface area contributed by atoms with Crippen molar-refractivity contribution in [2.75, 3.05) is 10.6 Å². The molecule has 0 radical (unpaired) electrons. The monoisotopic (exact) mass is 442 g/mol. The molecule has 0 saturated heterocycles. The number of hydrogen-bond acceptors (Lipinski definition) is 5. The smallest absolute Gasteiger partial charge is 0.339 e. The van der Waals surface area contributed by atoms with Crippen LogP contribution in [0.15, 0.2) is 72.8 Å². The summed E-state index contributed by atoms with van der Waals surface area (Å²) in [5.41, 5.74) is 3.65. The first kappa shape index (κ1) is 21.8. The number of carbonyl (C=O) groups is 3. The van der Waals surface area contributed by atoms with Crippen LogP contribution in [0.25, 0.3) is 22.4 Å². The zero-order chi connectivity index (χ0) is 23.4. The van der Waals surface area contributed by atoms with Crippen LogP contribution in [0.3, 0.4) is 0 Å². The highest BCUT2D eigenvalue weighted by atomic mass is 16.5. The number of nitrogens with one attached hydrogen (secondary N) is 3. The minimum absolute atomic E-state index is 0.185. The van der Waals surface area contributed by atoms with Crippen molar-refractivity contribution in [2.24, 2.45) is 0 Å². The van der Waals surface area contributed by atoms with E-state index in [4.69, 9.17) is 4.74 Å². The van der Waals surface area contributed by atoms with E-state index in [0.717, 1.165) is 11.0 Å². The first-order valence-electron chi connectivity index (χ1n) is 10.3. The van der Waals surface area contributed by atoms with Gasteiger partial charge in [-0.1, -0.05) is 30.3 Å². The molecule has 2 amide bonds. The second-order valence-electron chi connectivity index (χ2n) is 7.44. The summed E-state index contributed by atoms with van der Waals surface area (Å²) in [5, 5.41) is 5.35. The van der Waals surface area contributed by atoms with Gasteiger partial charge < -0.3 is 20.4 Å². The third-order valence-corrected chi connectivity index (χ3v) is 4.92. The summed E-state index contributed by atoms with van der Waals surface area (Å²) >= 11 is 0. The summed E-state index contributed by atoms with van der Waals surface area (Å²) < 4.78 is 5.43. The molecule has 0 saturated carbocycles. The van der Waals surface area contributed by atoms with Gasteiger partial charge in [0, 0.05) is 23.9 Å². The highest BCUT2D eigenvalue weighted by Gasteiger charge is 2.22. The fraction of sp³-hybridized carbons (Fsp3) is 0.120. The number of aromatic nitrogens is 2. The maximum atomic E-state index is 12.9. The standard InChI is InChI=1S/C25H22N4O4/c1-15(24(31)27-18-13-11-17(12-14-18)26-16(2)30)33-25(32)20-8-4-3-7-19(20)23-28-21-9-5-6-10-22(21)29-23/h3-15H,1-2H3,(H,26,30)(H,27,31)(H,28,29). The topological polar surface area (TPSA) is 113 Å². The molecule has 3 aromatic carbocycles. The van der Waals surface area contributed by atoms with E-state index < -0.39 is 18.0 Å². The molecule has 0 aliphatic carbocycles. The maximum Gasteiger partial charge on any atom is 0.339 e. The van der Waals surface area contributed by atoms with Crippen LogP contribution in [0.2, 0.25) is 0 Å². The molecule has 0 aliphatic heterocycles. The number of aromatic amines is 1. The lowest BCUT2D eigenvalue weighted by Gasteiger charge is -2.15. The second kappa shape index (κ2) is 9.35. The van der Waals surface area contributed by atoms with Gasteiger partial charge in [-0.15, -0.1) is 0 Å². The molecule has 1 aromatic heterocycles. The lowest BCUT2D eigenvalue weighted by Crippen LogP contribution is -2.30. The van der Waals surface area contributed by atoms with E-state index in [1.807, 2.05) is 24.3 Å². The van der Waals surface area contributed by atoms with E-state index in [-0.39, 0.29) is 5.91 Å². The van der Waals surface area contributed by atoms with Crippen molar-refractivity contribution >= 4 is 40.2 Å². The molecular weight excluding hydrogens is 420 g/mol. The summed E-state index contributed by atoms with van der Waals surface area (Å²) in [5.74, 6) is -0.748. The first-order chi connectivity index (χ1) is 15.9. The molecule has 4 rings (SSSR count). The molecule has 166 valence electrons. The summed E-state index contributed by atoms with van der Waals surface area (Å²) in [6.45, 7) is 2.92. The predicted octanol–water partition coefficient (Wildman–Crippen LogP) is 4.37. The third kappa shape index (κ3) is 5.07. The van der Waals surface area contributed by atoms with Crippen molar-refractivity contribution in [3.05, 3.63) is 78.4 Å². The molecule has 1 heterocycles. The van der Waals surface area contributed by atoms with Crippen molar-refractivity contribution in [3.63, 3.8) is 0 Å². The molecule has 0 spiro atoms. The highest BCUT2D eigenvalue weighted by Crippen LogP contribution is 2.25. The summed E-state index contributed by atoms with van der Waals surface area (Å²) in [6, 6.07) is 21.1. The number of carbonyl (C=O) groups excluding carboxylic acids is 3. The maximum absolute atomic E-state index is 12.9. The van der Waals surface area contributed by atoms with Gasteiger partial charge in [-0.25, -0.2) is 9.78 Å². The molecule has 1 unspecified atom stereocenters. The number of anilines is 2. The van der Waals surface area contributed by atoms with Crippen molar-refractivity contribution in [1.29, 1.82) is 0 Å². The molecule has 33 heavy (non-hydrogen) atoms. The zero-order valence-electron chi connectivity index (χ0n) is 18.1. The fourth-order valence-corrected chi connectivity index (χ4v) is 3.31. The number of amides is 2. The van der Waals surface area contributed by atoms with Crippen LogP contribution in [0.4, 0.5) is 11.4 Å². The molecule has 1 atom stereocenters. The Morgan fingerprint density at radius 1 is 0.879 bits per heavy atom. The largest absolute Gasteiger partial charge is 0.449 e. The number of para-hydroxylation sites is 2. The average molecular weight is 442 g/mol. The van der Waals surface area contributed by atoms with Crippen LogP contribution >= 0.6 is 0 Å². The number of imidazole rings is 1. The Hall–Kier alpha value is -4.46. The number of esters is 1. The first-order valence-corrected chi connectivity index (χ1v) is 10.3. The van der Waals surface area contributed by atoms with Crippen LogP contribution in [0, 0.1) is 0 Å². The van der Waals surface area contributed by atoms with Crippen molar-refractivity contribution in [1.82, 2.24) is 9.97 Å². The molecule has 0 fully saturated rings. The lowest BCUT2D eigenvalue weighted by molar-refractivity contribution is -0.123. The van der Waals surface area contributed by atoms with E-state index in [0.29, 0.717) is 28.3 Å². The van der Waals surface area contributed by atoms with Crippen molar-refractivity contribution in [3.8, 4) is 11.4 Å². The Kier molecular flexibility index (Phi) is 6.17. The predicted molar refractivity (Wildman–Crippen MR) is 126 cm³/mol. The minimum atomic E-state index is -1.03. The summed E-state index contributed by atoms with van der Waals surface area (Å²) in [4.78, 5) is 44.3. The summed E-state index contributed by atoms with van der Waals surface area (Å²) in [7, 11) is 0. The van der Waals surface area contributed by atoms with E-state index >= 15 is 0 Å². The van der Waals surface area contributed by atoms with E-state index in [1.54, 1.807) is 48.5 Å². The van der Waals surface area contributed by atoms with Crippen molar-refractivity contribution < 1.29 is 19.1 Å². The van der Waals surface area contributed by atoms with E-state index in [9.17, 15) is 14.4 Å². The van der Waals surface area contributed by atoms with Crippen LogP contribution in [-0.4, -0.2) is 33.9 Å². The van der Waals surface area contributed by atoms with Crippen LogP contribution in [0.1, 0.15) is 24.2 Å². The number of H-pyrrole nitrogens is 1. The number of fused-ring (bicyclic) bond motifs is 1. The van der Waals surface area contributed by atoms with Crippen LogP contribution in [0.5, 0.6) is 0 Å². The van der Waals surface area contributed by atoms with Gasteiger partial charge in [-0.05, 0) is 49.4 Å². The minimum Gasteiger partial charge on any atom is -0.449 e. The second-order valence-corrected chi connectivity index (χ2v) is 7.44. The average Bonchev–Trinajstić information content (AvgIpc) is 3.24. The molecule has 0 aliphatic rings. The molecule has 3 N–H and O–H groups in total. The van der Waals surface area contributed by atoms with E-state index in [2.05, 4.69) is 20.6 Å². The van der Waals surface area contributed by atoms with Gasteiger partial charge in [0.15, 0.2) is 6.10 Å². The quantitative estimate of drug-likeness (QED) is 0.384. The molecule has 8 nitrogen and oxygen atoms in total. The Bertz CT molecular complexity index is 1290. The fourth-order valence-electron chi connectivity index (χ4n) is 3.31. The van der Waals surface area contributed by atoms with Crippen molar-refractivity contribution in [2.45, 2.75) is 20.0 Å². The number of nitrogens with zero attached hydrogens (tertiary/aromatic N) is 1. The lowest BCUT2D eigenvalue weighted by atomic mass is 10.1. The van der Waals surface area contributed by atoms with Gasteiger partial charge in [0.05, 0.1) is 16.6 Å². The van der Waals surface area contributed by atoms with Gasteiger partial charge in [0.1, 0.15) is 5.82 Å². The van der Waals surface area contributed by atoms with E-state index in [1.165, 1.54) is 13.8 Å². The Morgan fingerprint density at radius 3 is 2.21 bits per heavy atom. The Morgan fingerprint density at radius 2 is 1.52 bits per heavy atom. The number of ether oxygens (including phenoxy) is 1. The molecular formula is C25H22N4O4. The number of rotatable bonds is 6. The van der Waals surface area contributed by atoms with Gasteiger partial charge in [0.2, 0.25) is 5.91 Å². The molecule has 4 aromatic rings. The van der Waals surface area contributed by atoms with Gasteiger partial charge in [-0.3, -0.25) is 9.59 Å².